The van der Waals surface area contributed by atoms with E-state index >= 15 is 0 Å². The number of aromatic nitrogens is 1. The number of hydrogen-bond donors (Lipinski definition) is 3. The Labute approximate surface area is 199 Å². The number of nitrogens with zero attached hydrogens (tertiary/aromatic N) is 2. The number of carbonyl (C=O) groups is 1. The Hall–Kier alpha value is -2.37. The van der Waals surface area contributed by atoms with Crippen molar-refractivity contribution in [3.05, 3.63) is 42.0 Å². The van der Waals surface area contributed by atoms with Gasteiger partial charge in [-0.15, -0.1) is 24.0 Å². The number of oxazole rings is 1. The highest BCUT2D eigenvalue weighted by Crippen LogP contribution is 2.18. The van der Waals surface area contributed by atoms with E-state index in [0.29, 0.717) is 37.9 Å². The summed E-state index contributed by atoms with van der Waals surface area (Å²) >= 11 is 0. The minimum atomic E-state index is -0.502. The Balaban J connectivity index is 0.00000480. The monoisotopic (exact) mass is 547 g/mol. The number of benzene rings is 1. The third kappa shape index (κ3) is 10.5. The molecule has 0 aliphatic rings. The zero-order valence-corrected chi connectivity index (χ0v) is 20.7. The van der Waals surface area contributed by atoms with Crippen LogP contribution in [0.15, 0.2) is 39.9 Å². The Morgan fingerprint density at radius 1 is 1.13 bits per heavy atom. The van der Waals surface area contributed by atoms with Gasteiger partial charge >= 0.3 is 6.09 Å². The molecule has 0 saturated carbocycles. The summed E-state index contributed by atoms with van der Waals surface area (Å²) in [6, 6.07) is 6.01. The molecule has 0 spiro atoms. The fraction of sp³-hybridized carbons (Fsp3) is 0.476. The first kappa shape index (κ1) is 26.7. The standard InChI is InChI=1S/C21H30FN5O3.HI/c1-21(2,3)30-20(28)26-12-5-11-24-19(23-4)25-13-10-17-14-29-18(27-17)15-6-8-16(22)9-7-15;/h6-9,14H,5,10-13H2,1-4H3,(H,26,28)(H2,23,24,25);1H. The second-order valence-electron chi connectivity index (χ2n) is 7.61. The van der Waals surface area contributed by atoms with Crippen LogP contribution in [0.25, 0.3) is 11.5 Å². The molecule has 0 unspecified atom stereocenters. The minimum Gasteiger partial charge on any atom is -0.444 e. The van der Waals surface area contributed by atoms with Crippen LogP contribution in [0.5, 0.6) is 0 Å². The van der Waals surface area contributed by atoms with Crippen molar-refractivity contribution in [1.29, 1.82) is 0 Å². The fourth-order valence-corrected chi connectivity index (χ4v) is 2.48. The maximum absolute atomic E-state index is 13.0. The van der Waals surface area contributed by atoms with Gasteiger partial charge in [-0.25, -0.2) is 14.2 Å². The topological polar surface area (TPSA) is 101 Å². The van der Waals surface area contributed by atoms with Gasteiger partial charge in [0.1, 0.15) is 17.7 Å². The van der Waals surface area contributed by atoms with Crippen molar-refractivity contribution in [1.82, 2.24) is 20.9 Å². The highest BCUT2D eigenvalue weighted by atomic mass is 127. The van der Waals surface area contributed by atoms with Crippen LogP contribution >= 0.6 is 24.0 Å². The number of alkyl carbamates (subject to hydrolysis) is 1. The average molecular weight is 547 g/mol. The van der Waals surface area contributed by atoms with Crippen LogP contribution in [-0.2, 0) is 11.2 Å². The highest BCUT2D eigenvalue weighted by molar-refractivity contribution is 14.0. The molecule has 31 heavy (non-hydrogen) atoms. The maximum Gasteiger partial charge on any atom is 0.407 e. The molecule has 8 nitrogen and oxygen atoms in total. The lowest BCUT2D eigenvalue weighted by molar-refractivity contribution is 0.0527. The number of hydrogen-bond acceptors (Lipinski definition) is 5. The van der Waals surface area contributed by atoms with Gasteiger partial charge < -0.3 is 25.1 Å². The Morgan fingerprint density at radius 2 is 1.77 bits per heavy atom. The molecule has 0 fully saturated rings. The van der Waals surface area contributed by atoms with E-state index in [9.17, 15) is 9.18 Å². The van der Waals surface area contributed by atoms with Gasteiger partial charge in [-0.1, -0.05) is 0 Å². The lowest BCUT2D eigenvalue weighted by Crippen LogP contribution is -2.40. The van der Waals surface area contributed by atoms with Crippen LogP contribution in [0.4, 0.5) is 9.18 Å². The number of halogens is 2. The number of rotatable bonds is 8. The van der Waals surface area contributed by atoms with Gasteiger partial charge in [0, 0.05) is 38.7 Å². The van der Waals surface area contributed by atoms with Gasteiger partial charge in [0.05, 0.1) is 5.69 Å². The molecule has 2 aromatic rings. The van der Waals surface area contributed by atoms with E-state index in [1.165, 1.54) is 12.1 Å². The van der Waals surface area contributed by atoms with E-state index in [2.05, 4.69) is 25.9 Å². The van der Waals surface area contributed by atoms with E-state index in [4.69, 9.17) is 9.15 Å². The summed E-state index contributed by atoms with van der Waals surface area (Å²) in [6.45, 7) is 7.24. The summed E-state index contributed by atoms with van der Waals surface area (Å²) in [6.07, 6.45) is 2.55. The van der Waals surface area contributed by atoms with Crippen molar-refractivity contribution in [2.75, 3.05) is 26.7 Å². The van der Waals surface area contributed by atoms with E-state index in [0.717, 1.165) is 17.7 Å². The molecule has 172 valence electrons. The molecule has 0 radical (unpaired) electrons. The Kier molecular flexibility index (Phi) is 11.3. The molecule has 0 atom stereocenters. The van der Waals surface area contributed by atoms with Crippen molar-refractivity contribution >= 4 is 36.0 Å². The van der Waals surface area contributed by atoms with Crippen molar-refractivity contribution in [2.45, 2.75) is 39.2 Å². The van der Waals surface area contributed by atoms with E-state index in [-0.39, 0.29) is 29.8 Å². The quantitative estimate of drug-likeness (QED) is 0.202. The molecule has 0 bridgehead atoms. The van der Waals surface area contributed by atoms with Gasteiger partial charge in [-0.2, -0.15) is 0 Å². The smallest absolute Gasteiger partial charge is 0.407 e. The van der Waals surface area contributed by atoms with Crippen molar-refractivity contribution in [2.24, 2.45) is 4.99 Å². The first-order valence-electron chi connectivity index (χ1n) is 9.88. The zero-order chi connectivity index (χ0) is 22.0. The van der Waals surface area contributed by atoms with E-state index in [1.54, 1.807) is 25.4 Å². The summed E-state index contributed by atoms with van der Waals surface area (Å²) in [7, 11) is 1.69. The van der Waals surface area contributed by atoms with Crippen LogP contribution in [0, 0.1) is 5.82 Å². The number of ether oxygens (including phenoxy) is 1. The lowest BCUT2D eigenvalue weighted by Gasteiger charge is -2.19. The second-order valence-corrected chi connectivity index (χ2v) is 7.61. The molecule has 3 N–H and O–H groups in total. The minimum absolute atomic E-state index is 0. The largest absolute Gasteiger partial charge is 0.444 e. The number of nitrogens with one attached hydrogen (secondary N) is 3. The Morgan fingerprint density at radius 3 is 2.42 bits per heavy atom. The molecular formula is C21H31FIN5O3. The summed E-state index contributed by atoms with van der Waals surface area (Å²) in [5.41, 5.74) is 1.02. The summed E-state index contributed by atoms with van der Waals surface area (Å²) < 4.78 is 23.7. The predicted octanol–water partition coefficient (Wildman–Crippen LogP) is 3.72. The first-order valence-corrected chi connectivity index (χ1v) is 9.88. The molecule has 1 aromatic heterocycles. The predicted molar refractivity (Wildman–Crippen MR) is 129 cm³/mol. The summed E-state index contributed by atoms with van der Waals surface area (Å²) in [5.74, 6) is 0.828. The van der Waals surface area contributed by atoms with Crippen LogP contribution < -0.4 is 16.0 Å². The van der Waals surface area contributed by atoms with Crippen molar-refractivity contribution < 1.29 is 18.3 Å². The van der Waals surface area contributed by atoms with Crippen LogP contribution in [0.1, 0.15) is 32.9 Å². The molecule has 0 saturated heterocycles. The van der Waals surface area contributed by atoms with Gasteiger partial charge in [0.15, 0.2) is 5.96 Å². The molecule has 0 aliphatic carbocycles. The third-order valence-electron chi connectivity index (χ3n) is 3.85. The van der Waals surface area contributed by atoms with Crippen LogP contribution in [0.3, 0.4) is 0 Å². The third-order valence-corrected chi connectivity index (χ3v) is 3.85. The Bertz CT molecular complexity index is 834. The van der Waals surface area contributed by atoms with Gasteiger partial charge in [0.2, 0.25) is 5.89 Å². The molecule has 1 heterocycles. The first-order chi connectivity index (χ1) is 14.3. The molecule has 2 rings (SSSR count). The van der Waals surface area contributed by atoms with Gasteiger partial charge in [-0.3, -0.25) is 4.99 Å². The summed E-state index contributed by atoms with van der Waals surface area (Å²) in [4.78, 5) is 20.2. The number of carbonyl (C=O) groups excluding carboxylic acids is 1. The molecule has 1 aromatic carbocycles. The number of amides is 1. The number of guanidine groups is 1. The summed E-state index contributed by atoms with van der Waals surface area (Å²) in [5, 5.41) is 9.10. The van der Waals surface area contributed by atoms with E-state index < -0.39 is 11.7 Å². The number of aliphatic imine (C=N–C) groups is 1. The second kappa shape index (κ2) is 13.1. The van der Waals surface area contributed by atoms with Gasteiger partial charge in [-0.05, 0) is 51.5 Å². The van der Waals surface area contributed by atoms with Gasteiger partial charge in [0.25, 0.3) is 0 Å². The lowest BCUT2D eigenvalue weighted by atomic mass is 10.2. The van der Waals surface area contributed by atoms with Crippen molar-refractivity contribution in [3.8, 4) is 11.5 Å². The molecule has 0 aliphatic heterocycles. The average Bonchev–Trinajstić information content (AvgIpc) is 3.14. The van der Waals surface area contributed by atoms with Crippen molar-refractivity contribution in [3.63, 3.8) is 0 Å². The SMILES string of the molecule is CN=C(NCCCNC(=O)OC(C)(C)C)NCCc1coc(-c2ccc(F)cc2)n1.I. The highest BCUT2D eigenvalue weighted by Gasteiger charge is 2.15. The molecular weight excluding hydrogens is 516 g/mol. The normalized spacial score (nSPS) is 11.5. The fourth-order valence-electron chi connectivity index (χ4n) is 2.48. The maximum atomic E-state index is 13.0. The van der Waals surface area contributed by atoms with Crippen LogP contribution in [0.2, 0.25) is 0 Å². The zero-order valence-electron chi connectivity index (χ0n) is 18.3. The van der Waals surface area contributed by atoms with Crippen LogP contribution in [-0.4, -0.2) is 49.3 Å². The molecule has 1 amide bonds. The van der Waals surface area contributed by atoms with E-state index in [1.807, 2.05) is 20.8 Å². The molecule has 10 heteroatoms.